The number of aryl methyl sites for hydroxylation is 2. The quantitative estimate of drug-likeness (QED) is 0.861. The summed E-state index contributed by atoms with van der Waals surface area (Å²) in [5.41, 5.74) is 9.38. The third-order valence-corrected chi connectivity index (χ3v) is 3.14. The summed E-state index contributed by atoms with van der Waals surface area (Å²) < 4.78 is 26.3. The van der Waals surface area contributed by atoms with Gasteiger partial charge in [-0.3, -0.25) is 0 Å². The van der Waals surface area contributed by atoms with Crippen LogP contribution < -0.4 is 5.73 Å². The van der Waals surface area contributed by atoms with E-state index in [2.05, 4.69) is 0 Å². The first-order valence-corrected chi connectivity index (χ1v) is 5.76. The molecule has 0 radical (unpaired) electrons. The first-order valence-electron chi connectivity index (χ1n) is 5.76. The van der Waals surface area contributed by atoms with Gasteiger partial charge in [0.15, 0.2) is 0 Å². The van der Waals surface area contributed by atoms with Crippen molar-refractivity contribution >= 4 is 0 Å². The molecular weight excluding hydrogens is 232 g/mol. The minimum Gasteiger partial charge on any atom is -0.320 e. The molecule has 0 aliphatic rings. The molecule has 0 saturated heterocycles. The highest BCUT2D eigenvalue weighted by molar-refractivity contribution is 5.40. The summed E-state index contributed by atoms with van der Waals surface area (Å²) in [5, 5.41) is 0. The van der Waals surface area contributed by atoms with Gasteiger partial charge in [0.05, 0.1) is 6.04 Å². The van der Waals surface area contributed by atoms with Crippen LogP contribution >= 0.6 is 0 Å². The SMILES string of the molecule is Cc1cc(F)ccc1C(N)c1cc(F)ccc1C. The molecule has 0 heterocycles. The predicted molar refractivity (Wildman–Crippen MR) is 68.3 cm³/mol. The molecule has 2 aromatic carbocycles. The molecule has 1 nitrogen and oxygen atoms in total. The van der Waals surface area contributed by atoms with Crippen molar-refractivity contribution in [2.45, 2.75) is 19.9 Å². The van der Waals surface area contributed by atoms with E-state index in [4.69, 9.17) is 5.73 Å². The zero-order chi connectivity index (χ0) is 13.3. The Bertz CT molecular complexity index is 579. The van der Waals surface area contributed by atoms with E-state index in [1.807, 2.05) is 6.92 Å². The molecule has 0 aromatic heterocycles. The summed E-state index contributed by atoms with van der Waals surface area (Å²) in [5.74, 6) is -0.606. The minimum absolute atomic E-state index is 0.292. The van der Waals surface area contributed by atoms with E-state index >= 15 is 0 Å². The molecule has 2 aromatic rings. The molecule has 3 heteroatoms. The van der Waals surface area contributed by atoms with Crippen LogP contribution in [0.3, 0.4) is 0 Å². The van der Waals surface area contributed by atoms with E-state index in [-0.39, 0.29) is 11.6 Å². The molecule has 1 atom stereocenters. The molecule has 2 rings (SSSR count). The second-order valence-electron chi connectivity index (χ2n) is 4.48. The van der Waals surface area contributed by atoms with Crippen LogP contribution in [0.5, 0.6) is 0 Å². The van der Waals surface area contributed by atoms with Gasteiger partial charge in [-0.25, -0.2) is 8.78 Å². The molecule has 1 unspecified atom stereocenters. The van der Waals surface area contributed by atoms with Crippen LogP contribution in [-0.4, -0.2) is 0 Å². The van der Waals surface area contributed by atoms with Gasteiger partial charge in [0, 0.05) is 0 Å². The fraction of sp³-hybridized carbons (Fsp3) is 0.200. The summed E-state index contributed by atoms with van der Waals surface area (Å²) in [6.07, 6.45) is 0. The Morgan fingerprint density at radius 3 is 2.11 bits per heavy atom. The standard InChI is InChI=1S/C15H15F2N/c1-9-3-4-12(17)8-14(9)15(18)13-6-5-11(16)7-10(13)2/h3-8,15H,18H2,1-2H3. The van der Waals surface area contributed by atoms with Gasteiger partial charge in [-0.2, -0.15) is 0 Å². The number of benzene rings is 2. The molecule has 2 N–H and O–H groups in total. The molecular formula is C15H15F2N. The zero-order valence-corrected chi connectivity index (χ0v) is 10.4. The van der Waals surface area contributed by atoms with Crippen LogP contribution in [-0.2, 0) is 0 Å². The Morgan fingerprint density at radius 2 is 1.44 bits per heavy atom. The lowest BCUT2D eigenvalue weighted by Crippen LogP contribution is -2.15. The maximum absolute atomic E-state index is 13.3. The number of rotatable bonds is 2. The summed E-state index contributed by atoms with van der Waals surface area (Å²) in [7, 11) is 0. The Labute approximate surface area is 105 Å². The van der Waals surface area contributed by atoms with Gasteiger partial charge in [0.25, 0.3) is 0 Å². The van der Waals surface area contributed by atoms with Crippen LogP contribution in [0.15, 0.2) is 36.4 Å². The van der Waals surface area contributed by atoms with Gasteiger partial charge in [0.1, 0.15) is 11.6 Å². The highest BCUT2D eigenvalue weighted by Crippen LogP contribution is 2.26. The van der Waals surface area contributed by atoms with Crippen molar-refractivity contribution < 1.29 is 8.78 Å². The largest absolute Gasteiger partial charge is 0.320 e. The van der Waals surface area contributed by atoms with Gasteiger partial charge in [0.2, 0.25) is 0 Å². The topological polar surface area (TPSA) is 26.0 Å². The number of nitrogens with two attached hydrogens (primary N) is 1. The van der Waals surface area contributed by atoms with Crippen molar-refractivity contribution in [2.24, 2.45) is 5.73 Å². The Hall–Kier alpha value is -1.74. The van der Waals surface area contributed by atoms with Gasteiger partial charge in [-0.05, 0) is 60.4 Å². The average Bonchev–Trinajstić information content (AvgIpc) is 2.31. The van der Waals surface area contributed by atoms with Crippen molar-refractivity contribution in [1.29, 1.82) is 0 Å². The third kappa shape index (κ3) is 2.41. The fourth-order valence-electron chi connectivity index (χ4n) is 2.10. The first-order chi connectivity index (χ1) is 8.49. The summed E-state index contributed by atoms with van der Waals surface area (Å²) >= 11 is 0. The van der Waals surface area contributed by atoms with Gasteiger partial charge >= 0.3 is 0 Å². The molecule has 0 fully saturated rings. The molecule has 0 spiro atoms. The maximum atomic E-state index is 13.3. The lowest BCUT2D eigenvalue weighted by Gasteiger charge is -2.17. The second-order valence-corrected chi connectivity index (χ2v) is 4.48. The van der Waals surface area contributed by atoms with E-state index in [1.165, 1.54) is 24.3 Å². The third-order valence-electron chi connectivity index (χ3n) is 3.14. The number of halogens is 2. The number of hydrogen-bond acceptors (Lipinski definition) is 1. The molecule has 0 aliphatic carbocycles. The molecule has 0 aliphatic heterocycles. The lowest BCUT2D eigenvalue weighted by molar-refractivity contribution is 0.620. The van der Waals surface area contributed by atoms with Crippen molar-refractivity contribution in [3.63, 3.8) is 0 Å². The smallest absolute Gasteiger partial charge is 0.123 e. The molecule has 18 heavy (non-hydrogen) atoms. The van der Waals surface area contributed by atoms with Crippen LogP contribution in [0, 0.1) is 25.5 Å². The average molecular weight is 247 g/mol. The van der Waals surface area contributed by atoms with Crippen molar-refractivity contribution in [2.75, 3.05) is 0 Å². The summed E-state index contributed by atoms with van der Waals surface area (Å²) in [4.78, 5) is 0. The molecule has 0 saturated carbocycles. The van der Waals surface area contributed by atoms with Crippen LogP contribution in [0.2, 0.25) is 0 Å². The van der Waals surface area contributed by atoms with Crippen LogP contribution in [0.25, 0.3) is 0 Å². The highest BCUT2D eigenvalue weighted by Gasteiger charge is 2.14. The highest BCUT2D eigenvalue weighted by atomic mass is 19.1. The normalized spacial score (nSPS) is 12.5. The summed E-state index contributed by atoms with van der Waals surface area (Å²) in [6.45, 7) is 3.68. The second kappa shape index (κ2) is 4.86. The van der Waals surface area contributed by atoms with Crippen LogP contribution in [0.1, 0.15) is 28.3 Å². The molecule has 0 bridgehead atoms. The monoisotopic (exact) mass is 247 g/mol. The first kappa shape index (κ1) is 12.7. The van der Waals surface area contributed by atoms with Crippen molar-refractivity contribution in [1.82, 2.24) is 0 Å². The van der Waals surface area contributed by atoms with E-state index in [0.717, 1.165) is 22.3 Å². The van der Waals surface area contributed by atoms with Gasteiger partial charge in [-0.1, -0.05) is 12.1 Å². The van der Waals surface area contributed by atoms with Crippen molar-refractivity contribution in [3.05, 3.63) is 70.3 Å². The van der Waals surface area contributed by atoms with E-state index < -0.39 is 6.04 Å². The van der Waals surface area contributed by atoms with E-state index in [1.54, 1.807) is 19.1 Å². The maximum Gasteiger partial charge on any atom is 0.123 e. The van der Waals surface area contributed by atoms with Crippen molar-refractivity contribution in [3.8, 4) is 0 Å². The predicted octanol–water partition coefficient (Wildman–Crippen LogP) is 3.63. The van der Waals surface area contributed by atoms with Crippen LogP contribution in [0.4, 0.5) is 8.78 Å². The Kier molecular flexibility index (Phi) is 3.43. The molecule has 0 amide bonds. The Morgan fingerprint density at radius 1 is 0.833 bits per heavy atom. The summed E-state index contributed by atoms with van der Waals surface area (Å²) in [6, 6.07) is 8.55. The van der Waals surface area contributed by atoms with E-state index in [0.29, 0.717) is 0 Å². The minimum atomic E-state index is -0.443. The zero-order valence-electron chi connectivity index (χ0n) is 10.4. The fourth-order valence-corrected chi connectivity index (χ4v) is 2.10. The van der Waals surface area contributed by atoms with Gasteiger partial charge in [-0.15, -0.1) is 0 Å². The lowest BCUT2D eigenvalue weighted by atomic mass is 9.93. The van der Waals surface area contributed by atoms with E-state index in [9.17, 15) is 8.78 Å². The Balaban J connectivity index is 2.47. The number of hydrogen-bond donors (Lipinski definition) is 1. The molecule has 94 valence electrons. The van der Waals surface area contributed by atoms with Gasteiger partial charge < -0.3 is 5.73 Å².